The van der Waals surface area contributed by atoms with E-state index in [9.17, 15) is 9.00 Å². The maximum atomic E-state index is 12.2. The molecule has 0 radical (unpaired) electrons. The fourth-order valence-corrected chi connectivity index (χ4v) is 3.70. The molecule has 0 aliphatic heterocycles. The number of ketones is 1. The number of Topliss-reactive ketones (excluding diaryl/α,β-unsaturated/α-hetero) is 1. The first-order chi connectivity index (χ1) is 8.58. The zero-order valence-corrected chi connectivity index (χ0v) is 11.9. The number of rotatable bonds is 4. The normalized spacial score (nSPS) is 12.3. The molecule has 1 aromatic heterocycles. The third-order valence-corrected chi connectivity index (χ3v) is 5.02. The lowest BCUT2D eigenvalue weighted by Gasteiger charge is -2.05. The molecular weight excluding hydrogens is 264 g/mol. The maximum Gasteiger partial charge on any atom is 0.185 e. The van der Waals surface area contributed by atoms with Crippen molar-refractivity contribution in [1.29, 1.82) is 0 Å². The monoisotopic (exact) mass is 278 g/mol. The molecule has 94 valence electrons. The molecule has 0 saturated carbocycles. The van der Waals surface area contributed by atoms with Gasteiger partial charge in [0.15, 0.2) is 5.78 Å². The lowest BCUT2D eigenvalue weighted by molar-refractivity contribution is 0.102. The summed E-state index contributed by atoms with van der Waals surface area (Å²) in [6, 6.07) is 9.37. The van der Waals surface area contributed by atoms with Crippen molar-refractivity contribution in [3.05, 3.63) is 51.7 Å². The molecule has 2 nitrogen and oxygen atoms in total. The highest BCUT2D eigenvalue weighted by Gasteiger charge is 2.14. The van der Waals surface area contributed by atoms with E-state index in [1.165, 1.54) is 11.3 Å². The van der Waals surface area contributed by atoms with Crippen LogP contribution in [0.15, 0.2) is 40.6 Å². The number of thiophene rings is 1. The molecule has 0 N–H and O–H groups in total. The summed E-state index contributed by atoms with van der Waals surface area (Å²) in [6.07, 6.45) is 0. The molecule has 2 rings (SSSR count). The van der Waals surface area contributed by atoms with Crippen LogP contribution in [0.2, 0.25) is 0 Å². The van der Waals surface area contributed by atoms with E-state index in [1.807, 2.05) is 43.5 Å². The van der Waals surface area contributed by atoms with Gasteiger partial charge in [-0.2, -0.15) is 0 Å². The first-order valence-electron chi connectivity index (χ1n) is 5.60. The van der Waals surface area contributed by atoms with E-state index in [1.54, 1.807) is 6.07 Å². The van der Waals surface area contributed by atoms with E-state index < -0.39 is 10.8 Å². The number of carbonyl (C=O) groups is 1. The summed E-state index contributed by atoms with van der Waals surface area (Å²) in [5, 5.41) is 1.85. The SMILES string of the molecule is Cc1ccc(S(=O)CC(=O)c2cccs2)c(C)c1. The largest absolute Gasteiger partial charge is 0.292 e. The average Bonchev–Trinajstić information content (AvgIpc) is 2.81. The Morgan fingerprint density at radius 1 is 1.28 bits per heavy atom. The molecule has 4 heteroatoms. The minimum atomic E-state index is -1.26. The van der Waals surface area contributed by atoms with E-state index in [2.05, 4.69) is 0 Å². The summed E-state index contributed by atoms with van der Waals surface area (Å²) in [4.78, 5) is 13.3. The molecule has 18 heavy (non-hydrogen) atoms. The second kappa shape index (κ2) is 5.59. The fourth-order valence-electron chi connectivity index (χ4n) is 1.76. The van der Waals surface area contributed by atoms with E-state index in [0.29, 0.717) is 4.88 Å². The molecular formula is C14H14O2S2. The van der Waals surface area contributed by atoms with Crippen LogP contribution in [0.3, 0.4) is 0 Å². The van der Waals surface area contributed by atoms with Crippen LogP contribution in [0.1, 0.15) is 20.8 Å². The predicted octanol–water partition coefficient (Wildman–Crippen LogP) is 3.36. The van der Waals surface area contributed by atoms with Crippen LogP contribution >= 0.6 is 11.3 Å². The third-order valence-electron chi connectivity index (χ3n) is 2.63. The van der Waals surface area contributed by atoms with E-state index in [0.717, 1.165) is 16.0 Å². The maximum absolute atomic E-state index is 12.2. The predicted molar refractivity (Wildman–Crippen MR) is 75.8 cm³/mol. The molecule has 0 bridgehead atoms. The van der Waals surface area contributed by atoms with Gasteiger partial charge in [-0.15, -0.1) is 11.3 Å². The summed E-state index contributed by atoms with van der Waals surface area (Å²) in [5.41, 5.74) is 2.12. The Morgan fingerprint density at radius 3 is 2.67 bits per heavy atom. The van der Waals surface area contributed by atoms with E-state index in [-0.39, 0.29) is 11.5 Å². The van der Waals surface area contributed by atoms with Gasteiger partial charge in [0.05, 0.1) is 21.4 Å². The fraction of sp³-hybridized carbons (Fsp3) is 0.214. The lowest BCUT2D eigenvalue weighted by Crippen LogP contribution is -2.10. The molecule has 0 saturated heterocycles. The lowest BCUT2D eigenvalue weighted by atomic mass is 10.2. The van der Waals surface area contributed by atoms with Crippen molar-refractivity contribution in [2.75, 3.05) is 5.75 Å². The highest BCUT2D eigenvalue weighted by atomic mass is 32.2. The summed E-state index contributed by atoms with van der Waals surface area (Å²) in [5.74, 6) is 0.00744. The van der Waals surface area contributed by atoms with E-state index >= 15 is 0 Å². The second-order valence-corrected chi connectivity index (χ2v) is 6.53. The van der Waals surface area contributed by atoms with Gasteiger partial charge in [-0.1, -0.05) is 23.8 Å². The molecule has 1 atom stereocenters. The average molecular weight is 278 g/mol. The first kappa shape index (κ1) is 13.2. The number of hydrogen-bond donors (Lipinski definition) is 0. The first-order valence-corrected chi connectivity index (χ1v) is 7.80. The Kier molecular flexibility index (Phi) is 4.09. The van der Waals surface area contributed by atoms with Gasteiger partial charge in [0.1, 0.15) is 0 Å². The summed E-state index contributed by atoms with van der Waals surface area (Å²) >= 11 is 1.39. The molecule has 0 aliphatic rings. The van der Waals surface area contributed by atoms with Crippen LogP contribution in [-0.2, 0) is 10.8 Å². The number of carbonyl (C=O) groups excluding carboxylic acids is 1. The summed E-state index contributed by atoms with van der Waals surface area (Å²) in [6.45, 7) is 3.92. The Balaban J connectivity index is 2.15. The van der Waals surface area contributed by atoms with Crippen LogP contribution in [0.5, 0.6) is 0 Å². The number of benzene rings is 1. The summed E-state index contributed by atoms with van der Waals surface area (Å²) in [7, 11) is -1.26. The van der Waals surface area contributed by atoms with Crippen molar-refractivity contribution in [3.63, 3.8) is 0 Å². The zero-order valence-electron chi connectivity index (χ0n) is 10.3. The molecule has 1 aromatic carbocycles. The van der Waals surface area contributed by atoms with Gasteiger partial charge in [-0.3, -0.25) is 9.00 Å². The van der Waals surface area contributed by atoms with Crippen molar-refractivity contribution < 1.29 is 9.00 Å². The van der Waals surface area contributed by atoms with Gasteiger partial charge in [-0.25, -0.2) is 0 Å². The topological polar surface area (TPSA) is 34.1 Å². The Hall–Kier alpha value is -1.26. The molecule has 0 fully saturated rings. The molecule has 2 aromatic rings. The Bertz CT molecular complexity index is 586. The van der Waals surface area contributed by atoms with Crippen molar-refractivity contribution in [3.8, 4) is 0 Å². The van der Waals surface area contributed by atoms with Crippen LogP contribution in [0.25, 0.3) is 0 Å². The van der Waals surface area contributed by atoms with Crippen LogP contribution in [0.4, 0.5) is 0 Å². The van der Waals surface area contributed by atoms with Crippen molar-refractivity contribution in [2.24, 2.45) is 0 Å². The second-order valence-electron chi connectivity index (χ2n) is 4.16. The molecule has 1 heterocycles. The minimum absolute atomic E-state index is 0.0525. The van der Waals surface area contributed by atoms with Crippen molar-refractivity contribution >= 4 is 27.9 Å². The molecule has 0 aliphatic carbocycles. The van der Waals surface area contributed by atoms with Gasteiger partial charge in [0.25, 0.3) is 0 Å². The Morgan fingerprint density at radius 2 is 2.06 bits per heavy atom. The van der Waals surface area contributed by atoms with E-state index in [4.69, 9.17) is 0 Å². The van der Waals surface area contributed by atoms with Gasteiger partial charge in [0.2, 0.25) is 0 Å². The van der Waals surface area contributed by atoms with Gasteiger partial charge < -0.3 is 0 Å². The third kappa shape index (κ3) is 2.94. The van der Waals surface area contributed by atoms with Crippen molar-refractivity contribution in [2.45, 2.75) is 18.7 Å². The molecule has 0 spiro atoms. The zero-order chi connectivity index (χ0) is 13.1. The van der Waals surface area contributed by atoms with Gasteiger partial charge in [0, 0.05) is 4.90 Å². The van der Waals surface area contributed by atoms with Crippen LogP contribution in [-0.4, -0.2) is 15.7 Å². The van der Waals surface area contributed by atoms with Crippen LogP contribution in [0, 0.1) is 13.8 Å². The standard InChI is InChI=1S/C14H14O2S2/c1-10-5-6-14(11(2)8-10)18(16)9-12(15)13-4-3-7-17-13/h3-8H,9H2,1-2H3. The quantitative estimate of drug-likeness (QED) is 0.804. The molecule has 1 unspecified atom stereocenters. The minimum Gasteiger partial charge on any atom is -0.292 e. The number of hydrogen-bond acceptors (Lipinski definition) is 3. The highest BCUT2D eigenvalue weighted by Crippen LogP contribution is 2.17. The highest BCUT2D eigenvalue weighted by molar-refractivity contribution is 7.85. The smallest absolute Gasteiger partial charge is 0.185 e. The van der Waals surface area contributed by atoms with Crippen molar-refractivity contribution in [1.82, 2.24) is 0 Å². The van der Waals surface area contributed by atoms with Gasteiger partial charge in [-0.05, 0) is 36.9 Å². The Labute approximate surface area is 113 Å². The van der Waals surface area contributed by atoms with Gasteiger partial charge >= 0.3 is 0 Å². The van der Waals surface area contributed by atoms with Crippen LogP contribution < -0.4 is 0 Å². The number of aryl methyl sites for hydroxylation is 2. The summed E-state index contributed by atoms with van der Waals surface area (Å²) < 4.78 is 12.2. The molecule has 0 amide bonds.